The number of rotatable bonds is 3. The van der Waals surface area contributed by atoms with E-state index in [1.165, 1.54) is 0 Å². The molecule has 1 N–H and O–H groups in total. The molecule has 5 heteroatoms. The zero-order chi connectivity index (χ0) is 15.7. The first-order valence-electron chi connectivity index (χ1n) is 6.94. The summed E-state index contributed by atoms with van der Waals surface area (Å²) in [5, 5.41) is 8.36. The minimum atomic E-state index is -0.151. The van der Waals surface area contributed by atoms with Crippen LogP contribution in [0.5, 0.6) is 0 Å². The molecule has 0 saturated heterocycles. The number of nitrogens with one attached hydrogen (secondary N) is 1. The van der Waals surface area contributed by atoms with Gasteiger partial charge in [0.15, 0.2) is 5.58 Å². The summed E-state index contributed by atoms with van der Waals surface area (Å²) in [6, 6.07) is 11.2. The summed E-state index contributed by atoms with van der Waals surface area (Å²) in [5.41, 5.74) is 3.98. The van der Waals surface area contributed by atoms with Gasteiger partial charge in [-0.25, -0.2) is 0 Å². The lowest BCUT2D eigenvalue weighted by atomic mass is 10.1. The molecule has 1 amide bonds. The number of benzene rings is 2. The first kappa shape index (κ1) is 14.6. The minimum Gasteiger partial charge on any atom is -0.356 e. The molecule has 0 aliphatic rings. The standard InChI is InChI=1S/C17H15ClN2O2/c1-10-6-7-16-12(8-10)15(20-22-16)9-17(21)19-14-5-3-4-13(18)11(14)2/h3-8H,9H2,1-2H3,(H,19,21). The summed E-state index contributed by atoms with van der Waals surface area (Å²) in [6.45, 7) is 3.86. The van der Waals surface area contributed by atoms with Crippen LogP contribution in [0.3, 0.4) is 0 Å². The third kappa shape index (κ3) is 2.83. The van der Waals surface area contributed by atoms with Gasteiger partial charge in [0.2, 0.25) is 5.91 Å². The number of aryl methyl sites for hydroxylation is 1. The zero-order valence-corrected chi connectivity index (χ0v) is 13.1. The molecule has 0 atom stereocenters. The number of amides is 1. The maximum atomic E-state index is 12.2. The van der Waals surface area contributed by atoms with Crippen molar-refractivity contribution in [1.82, 2.24) is 5.16 Å². The van der Waals surface area contributed by atoms with Crippen molar-refractivity contribution in [1.29, 1.82) is 0 Å². The molecule has 0 saturated carbocycles. The Kier molecular flexibility index (Phi) is 3.86. The fourth-order valence-corrected chi connectivity index (χ4v) is 2.49. The second-order valence-electron chi connectivity index (χ2n) is 5.27. The summed E-state index contributed by atoms with van der Waals surface area (Å²) in [7, 11) is 0. The lowest BCUT2D eigenvalue weighted by molar-refractivity contribution is -0.115. The van der Waals surface area contributed by atoms with Crippen LogP contribution in [0.15, 0.2) is 40.9 Å². The molecule has 0 fully saturated rings. The number of aromatic nitrogens is 1. The molecule has 1 aromatic heterocycles. The highest BCUT2D eigenvalue weighted by molar-refractivity contribution is 6.31. The van der Waals surface area contributed by atoms with Crippen LogP contribution in [-0.4, -0.2) is 11.1 Å². The predicted octanol–water partition coefficient (Wildman–Crippen LogP) is 4.28. The van der Waals surface area contributed by atoms with E-state index in [0.717, 1.165) is 16.5 Å². The molecule has 0 aliphatic heterocycles. The highest BCUT2D eigenvalue weighted by atomic mass is 35.5. The number of nitrogens with zero attached hydrogens (tertiary/aromatic N) is 1. The van der Waals surface area contributed by atoms with Crippen LogP contribution in [0.1, 0.15) is 16.8 Å². The van der Waals surface area contributed by atoms with E-state index in [1.54, 1.807) is 12.1 Å². The van der Waals surface area contributed by atoms with Gasteiger partial charge < -0.3 is 9.84 Å². The maximum Gasteiger partial charge on any atom is 0.230 e. The largest absolute Gasteiger partial charge is 0.356 e. The van der Waals surface area contributed by atoms with Gasteiger partial charge in [-0.05, 0) is 43.7 Å². The van der Waals surface area contributed by atoms with Gasteiger partial charge in [0, 0.05) is 16.1 Å². The van der Waals surface area contributed by atoms with Gasteiger partial charge in [-0.2, -0.15) is 0 Å². The van der Waals surface area contributed by atoms with Crippen molar-refractivity contribution in [2.45, 2.75) is 20.3 Å². The Morgan fingerprint density at radius 1 is 1.27 bits per heavy atom. The summed E-state index contributed by atoms with van der Waals surface area (Å²) in [6.07, 6.45) is 0.155. The Morgan fingerprint density at radius 2 is 2.09 bits per heavy atom. The molecule has 0 spiro atoms. The summed E-state index contributed by atoms with van der Waals surface area (Å²) in [4.78, 5) is 12.2. The van der Waals surface area contributed by atoms with E-state index in [-0.39, 0.29) is 12.3 Å². The second kappa shape index (κ2) is 5.81. The summed E-state index contributed by atoms with van der Waals surface area (Å²) >= 11 is 6.06. The molecule has 112 valence electrons. The van der Waals surface area contributed by atoms with Crippen molar-refractivity contribution in [3.8, 4) is 0 Å². The molecule has 0 bridgehead atoms. The molecule has 22 heavy (non-hydrogen) atoms. The maximum absolute atomic E-state index is 12.2. The van der Waals surface area contributed by atoms with Gasteiger partial charge in [-0.1, -0.05) is 34.5 Å². The number of hydrogen-bond donors (Lipinski definition) is 1. The predicted molar refractivity (Wildman–Crippen MR) is 87.3 cm³/mol. The molecule has 1 heterocycles. The molecule has 4 nitrogen and oxygen atoms in total. The van der Waals surface area contributed by atoms with Gasteiger partial charge in [0.25, 0.3) is 0 Å². The Balaban J connectivity index is 1.81. The van der Waals surface area contributed by atoms with Crippen molar-refractivity contribution >= 4 is 34.2 Å². The normalized spacial score (nSPS) is 10.9. The van der Waals surface area contributed by atoms with Crippen molar-refractivity contribution in [2.75, 3.05) is 5.32 Å². The molecule has 3 aromatic rings. The van der Waals surface area contributed by atoms with Crippen LogP contribution < -0.4 is 5.32 Å². The number of carbonyl (C=O) groups excluding carboxylic acids is 1. The zero-order valence-electron chi connectivity index (χ0n) is 12.3. The fourth-order valence-electron chi connectivity index (χ4n) is 2.32. The van der Waals surface area contributed by atoms with Crippen molar-refractivity contribution in [3.63, 3.8) is 0 Å². The van der Waals surface area contributed by atoms with E-state index in [4.69, 9.17) is 16.1 Å². The lowest BCUT2D eigenvalue weighted by Crippen LogP contribution is -2.15. The van der Waals surface area contributed by atoms with E-state index < -0.39 is 0 Å². The van der Waals surface area contributed by atoms with Gasteiger partial charge in [0.1, 0.15) is 5.69 Å². The third-order valence-corrected chi connectivity index (χ3v) is 3.98. The number of fused-ring (bicyclic) bond motifs is 1. The number of halogens is 1. The Labute approximate surface area is 133 Å². The van der Waals surface area contributed by atoms with Crippen LogP contribution in [0, 0.1) is 13.8 Å². The SMILES string of the molecule is Cc1ccc2onc(CC(=O)Nc3cccc(Cl)c3C)c2c1. The molecule has 2 aromatic carbocycles. The Morgan fingerprint density at radius 3 is 2.91 bits per heavy atom. The Hall–Kier alpha value is -2.33. The van der Waals surface area contributed by atoms with Gasteiger partial charge in [0.05, 0.1) is 6.42 Å². The number of anilines is 1. The molecular formula is C17H15ClN2O2. The van der Waals surface area contributed by atoms with Gasteiger partial charge in [-0.3, -0.25) is 4.79 Å². The smallest absolute Gasteiger partial charge is 0.230 e. The average molecular weight is 315 g/mol. The second-order valence-corrected chi connectivity index (χ2v) is 5.67. The number of carbonyl (C=O) groups is 1. The average Bonchev–Trinajstić information content (AvgIpc) is 2.86. The van der Waals surface area contributed by atoms with Crippen LogP contribution in [-0.2, 0) is 11.2 Å². The molecule has 0 aliphatic carbocycles. The highest BCUT2D eigenvalue weighted by Gasteiger charge is 2.13. The van der Waals surface area contributed by atoms with E-state index in [9.17, 15) is 4.79 Å². The van der Waals surface area contributed by atoms with Crippen LogP contribution in [0.4, 0.5) is 5.69 Å². The van der Waals surface area contributed by atoms with Crippen molar-refractivity contribution in [3.05, 3.63) is 58.2 Å². The molecule has 0 radical (unpaired) electrons. The molecular weight excluding hydrogens is 300 g/mol. The minimum absolute atomic E-state index is 0.151. The summed E-state index contributed by atoms with van der Waals surface area (Å²) < 4.78 is 5.25. The van der Waals surface area contributed by atoms with E-state index >= 15 is 0 Å². The first-order chi connectivity index (χ1) is 10.5. The van der Waals surface area contributed by atoms with Crippen LogP contribution in [0.25, 0.3) is 11.0 Å². The van der Waals surface area contributed by atoms with E-state index in [2.05, 4.69) is 10.5 Å². The quantitative estimate of drug-likeness (QED) is 0.785. The van der Waals surface area contributed by atoms with Crippen LogP contribution >= 0.6 is 11.6 Å². The summed E-state index contributed by atoms with van der Waals surface area (Å²) in [5.74, 6) is -0.151. The van der Waals surface area contributed by atoms with E-state index in [1.807, 2.05) is 38.1 Å². The van der Waals surface area contributed by atoms with Gasteiger partial charge in [-0.15, -0.1) is 0 Å². The van der Waals surface area contributed by atoms with E-state index in [0.29, 0.717) is 22.0 Å². The third-order valence-electron chi connectivity index (χ3n) is 3.57. The Bertz CT molecular complexity index is 855. The topological polar surface area (TPSA) is 55.1 Å². The van der Waals surface area contributed by atoms with Gasteiger partial charge >= 0.3 is 0 Å². The molecule has 0 unspecified atom stereocenters. The fraction of sp³-hybridized carbons (Fsp3) is 0.176. The monoisotopic (exact) mass is 314 g/mol. The van der Waals surface area contributed by atoms with Crippen molar-refractivity contribution < 1.29 is 9.32 Å². The number of hydrogen-bond acceptors (Lipinski definition) is 3. The first-order valence-corrected chi connectivity index (χ1v) is 7.32. The molecule has 3 rings (SSSR count). The van der Waals surface area contributed by atoms with Crippen molar-refractivity contribution in [2.24, 2.45) is 0 Å². The highest BCUT2D eigenvalue weighted by Crippen LogP contribution is 2.24. The lowest BCUT2D eigenvalue weighted by Gasteiger charge is -2.08. The van der Waals surface area contributed by atoms with Crippen LogP contribution in [0.2, 0.25) is 5.02 Å².